The molecule has 0 aliphatic rings. The molecule has 0 bridgehead atoms. The fourth-order valence-electron chi connectivity index (χ4n) is 1.23. The van der Waals surface area contributed by atoms with E-state index in [-0.39, 0.29) is 5.56 Å². The van der Waals surface area contributed by atoms with Crippen LogP contribution in [0.4, 0.5) is 8.78 Å². The van der Waals surface area contributed by atoms with E-state index >= 15 is 0 Å². The van der Waals surface area contributed by atoms with Crippen LogP contribution in [0.2, 0.25) is 0 Å². The summed E-state index contributed by atoms with van der Waals surface area (Å²) in [7, 11) is 0. The topological polar surface area (TPSA) is 75.4 Å². The Morgan fingerprint density at radius 2 is 2.06 bits per heavy atom. The molecule has 0 radical (unpaired) electrons. The molecule has 0 aromatic carbocycles. The van der Waals surface area contributed by atoms with Gasteiger partial charge < -0.3 is 4.74 Å². The summed E-state index contributed by atoms with van der Waals surface area (Å²) >= 11 is 0. The number of nitrogens with one attached hydrogen (secondary N) is 1. The maximum absolute atomic E-state index is 13.4. The summed E-state index contributed by atoms with van der Waals surface area (Å²) in [5, 5.41) is 3.01. The van der Waals surface area contributed by atoms with Crippen molar-refractivity contribution in [1.82, 2.24) is 4.98 Å². The van der Waals surface area contributed by atoms with Crippen LogP contribution in [-0.2, 0) is 9.53 Å². The Morgan fingerprint density at radius 3 is 2.50 bits per heavy atom. The Kier molecular flexibility index (Phi) is 4.05. The van der Waals surface area contributed by atoms with Crippen LogP contribution in [-0.4, -0.2) is 16.6 Å². The minimum absolute atomic E-state index is 0.291. The van der Waals surface area contributed by atoms with Gasteiger partial charge in [0.25, 0.3) is 0 Å². The lowest BCUT2D eigenvalue weighted by molar-refractivity contribution is -0.156. The summed E-state index contributed by atoms with van der Waals surface area (Å²) in [5.41, 5.74) is 5.84. The van der Waals surface area contributed by atoms with Crippen molar-refractivity contribution in [2.24, 2.45) is 5.11 Å². The quantitative estimate of drug-likeness (QED) is 0.514. The zero-order chi connectivity index (χ0) is 13.9. The number of rotatable bonds is 3. The molecule has 1 atom stereocenters. The van der Waals surface area contributed by atoms with E-state index in [1.165, 1.54) is 0 Å². The van der Waals surface area contributed by atoms with Gasteiger partial charge in [-0.15, -0.1) is 0 Å². The van der Waals surface area contributed by atoms with Gasteiger partial charge in [-0.05, 0) is 32.9 Å². The third-order valence-electron chi connectivity index (χ3n) is 1.90. The van der Waals surface area contributed by atoms with Crippen LogP contribution in [0.15, 0.2) is 17.2 Å². The first-order valence-electron chi connectivity index (χ1n) is 5.16. The minimum atomic E-state index is -1.47. The maximum Gasteiger partial charge on any atom is 0.338 e. The number of hydrogen-bond acceptors (Lipinski definition) is 5. The summed E-state index contributed by atoms with van der Waals surface area (Å²) in [6.07, 6.45) is 0. The van der Waals surface area contributed by atoms with Crippen molar-refractivity contribution in [2.45, 2.75) is 32.4 Å². The second-order valence-corrected chi connectivity index (χ2v) is 4.58. The monoisotopic (exact) mass is 257 g/mol. The number of aromatic nitrogens is 1. The van der Waals surface area contributed by atoms with Gasteiger partial charge in [-0.1, -0.05) is 0 Å². The third kappa shape index (κ3) is 3.54. The fraction of sp³-hybridized carbons (Fsp3) is 0.455. The largest absolute Gasteiger partial charge is 0.458 e. The first-order chi connectivity index (χ1) is 8.24. The van der Waals surface area contributed by atoms with E-state index in [9.17, 15) is 13.6 Å². The predicted octanol–water partition coefficient (Wildman–Crippen LogP) is 2.77. The van der Waals surface area contributed by atoms with Crippen molar-refractivity contribution >= 4 is 5.97 Å². The number of pyridine rings is 1. The van der Waals surface area contributed by atoms with Crippen LogP contribution < -0.4 is 0 Å². The molecule has 1 aromatic rings. The smallest absolute Gasteiger partial charge is 0.338 e. The standard InChI is InChI=1S/C11H13F2N3O2/c1-11(2,3)18-10(17)8(16-14)6-4-5-7(12)15-9(6)13/h4-5,8,14H,1-3H3. The molecular weight excluding hydrogens is 244 g/mol. The number of carbonyl (C=O) groups is 1. The fourth-order valence-corrected chi connectivity index (χ4v) is 1.23. The van der Waals surface area contributed by atoms with Crippen LogP contribution >= 0.6 is 0 Å². The maximum atomic E-state index is 13.4. The number of carbonyl (C=O) groups excluding carboxylic acids is 1. The molecule has 1 aromatic heterocycles. The van der Waals surface area contributed by atoms with Crippen molar-refractivity contribution in [3.8, 4) is 0 Å². The molecule has 7 heteroatoms. The molecule has 0 fully saturated rings. The van der Waals surface area contributed by atoms with Crippen molar-refractivity contribution in [3.05, 3.63) is 29.6 Å². The van der Waals surface area contributed by atoms with E-state index in [0.717, 1.165) is 12.1 Å². The number of esters is 1. The van der Waals surface area contributed by atoms with Gasteiger partial charge in [0.2, 0.25) is 11.9 Å². The van der Waals surface area contributed by atoms with Crippen LogP contribution in [0, 0.1) is 17.4 Å². The average Bonchev–Trinajstić information content (AvgIpc) is 2.19. The molecule has 1 N–H and O–H groups in total. The van der Waals surface area contributed by atoms with Gasteiger partial charge in [-0.25, -0.2) is 10.3 Å². The molecule has 1 rings (SSSR count). The van der Waals surface area contributed by atoms with E-state index in [1.807, 2.05) is 0 Å². The summed E-state index contributed by atoms with van der Waals surface area (Å²) in [4.78, 5) is 14.6. The lowest BCUT2D eigenvalue weighted by Gasteiger charge is -2.21. The van der Waals surface area contributed by atoms with Gasteiger partial charge in [0.1, 0.15) is 5.60 Å². The molecule has 0 saturated heterocycles. The van der Waals surface area contributed by atoms with Gasteiger partial charge in [0.05, 0.1) is 0 Å². The highest BCUT2D eigenvalue weighted by atomic mass is 19.1. The summed E-state index contributed by atoms with van der Waals surface area (Å²) in [6, 6.07) is 0.433. The molecule has 1 heterocycles. The Labute approximate surface area is 103 Å². The summed E-state index contributed by atoms with van der Waals surface area (Å²) in [6.45, 7) is 4.89. The number of nitrogens with zero attached hydrogens (tertiary/aromatic N) is 2. The van der Waals surface area contributed by atoms with E-state index in [1.54, 1.807) is 20.8 Å². The first-order valence-corrected chi connectivity index (χ1v) is 5.16. The van der Waals surface area contributed by atoms with Crippen LogP contribution in [0.5, 0.6) is 0 Å². The summed E-state index contributed by atoms with van der Waals surface area (Å²) < 4.78 is 31.0. The lowest BCUT2D eigenvalue weighted by atomic mass is 10.1. The minimum Gasteiger partial charge on any atom is -0.458 e. The van der Waals surface area contributed by atoms with Crippen LogP contribution in [0.3, 0.4) is 0 Å². The highest BCUT2D eigenvalue weighted by Gasteiger charge is 2.29. The Balaban J connectivity index is 3.03. The second-order valence-electron chi connectivity index (χ2n) is 4.58. The van der Waals surface area contributed by atoms with Gasteiger partial charge in [0.15, 0.2) is 6.04 Å². The first kappa shape index (κ1) is 14.1. The number of halogens is 2. The van der Waals surface area contributed by atoms with Gasteiger partial charge in [0, 0.05) is 5.56 Å². The van der Waals surface area contributed by atoms with E-state index in [2.05, 4.69) is 10.1 Å². The molecule has 1 unspecified atom stereocenters. The molecule has 0 amide bonds. The molecule has 0 aliphatic heterocycles. The van der Waals surface area contributed by atoms with Crippen molar-refractivity contribution < 1.29 is 18.3 Å². The normalized spacial score (nSPS) is 12.9. The Hall–Kier alpha value is -1.92. The predicted molar refractivity (Wildman–Crippen MR) is 57.9 cm³/mol. The Bertz CT molecular complexity index is 472. The number of ether oxygens (including phenoxy) is 1. The third-order valence-corrected chi connectivity index (χ3v) is 1.90. The van der Waals surface area contributed by atoms with Crippen LogP contribution in [0.1, 0.15) is 32.4 Å². The van der Waals surface area contributed by atoms with E-state index in [4.69, 9.17) is 10.3 Å². The van der Waals surface area contributed by atoms with Crippen LogP contribution in [0.25, 0.3) is 0 Å². The van der Waals surface area contributed by atoms with Crippen molar-refractivity contribution in [2.75, 3.05) is 0 Å². The molecule has 18 heavy (non-hydrogen) atoms. The average molecular weight is 257 g/mol. The van der Waals surface area contributed by atoms with E-state index in [0.29, 0.717) is 0 Å². The molecule has 5 nitrogen and oxygen atoms in total. The molecule has 0 saturated carbocycles. The lowest BCUT2D eigenvalue weighted by Crippen LogP contribution is -2.27. The van der Waals surface area contributed by atoms with Crippen molar-refractivity contribution in [1.29, 1.82) is 5.53 Å². The molecule has 0 spiro atoms. The zero-order valence-corrected chi connectivity index (χ0v) is 10.2. The van der Waals surface area contributed by atoms with Crippen molar-refractivity contribution in [3.63, 3.8) is 0 Å². The highest BCUT2D eigenvalue weighted by molar-refractivity contribution is 5.78. The Morgan fingerprint density at radius 1 is 1.44 bits per heavy atom. The molecule has 98 valence electrons. The van der Waals surface area contributed by atoms with Gasteiger partial charge in [-0.3, -0.25) is 0 Å². The molecular formula is C11H13F2N3O2. The van der Waals surface area contributed by atoms with Gasteiger partial charge >= 0.3 is 5.97 Å². The SMILES string of the molecule is CC(C)(C)OC(=O)C(N=N)c1ccc(F)nc1F. The number of hydrogen-bond donors (Lipinski definition) is 1. The van der Waals surface area contributed by atoms with Gasteiger partial charge in [-0.2, -0.15) is 18.9 Å². The highest BCUT2D eigenvalue weighted by Crippen LogP contribution is 2.23. The van der Waals surface area contributed by atoms with E-state index < -0.39 is 29.5 Å². The second kappa shape index (κ2) is 5.16. The molecule has 0 aliphatic carbocycles. The zero-order valence-electron chi connectivity index (χ0n) is 10.2. The summed E-state index contributed by atoms with van der Waals surface area (Å²) in [5.74, 6) is -3.07.